The molecular formula is C16H18ClFN4O3. The zero-order chi connectivity index (χ0) is 16.9. The molecule has 0 bridgehead atoms. The molecule has 1 aliphatic rings. The molecule has 1 amide bonds. The third-order valence-electron chi connectivity index (χ3n) is 3.60. The number of nitrogens with zero attached hydrogens (tertiary/aromatic N) is 2. The molecule has 0 aliphatic carbocycles. The van der Waals surface area contributed by atoms with Crippen molar-refractivity contribution in [2.75, 3.05) is 32.1 Å². The van der Waals surface area contributed by atoms with Gasteiger partial charge in [-0.1, -0.05) is 6.07 Å². The van der Waals surface area contributed by atoms with E-state index in [2.05, 4.69) is 20.6 Å². The fourth-order valence-corrected chi connectivity index (χ4v) is 2.37. The molecule has 0 radical (unpaired) electrons. The number of morpholine rings is 1. The van der Waals surface area contributed by atoms with Crippen molar-refractivity contribution >= 4 is 24.0 Å². The smallest absolute Gasteiger partial charge is 0.275 e. The van der Waals surface area contributed by atoms with Gasteiger partial charge < -0.3 is 20.1 Å². The van der Waals surface area contributed by atoms with Crippen LogP contribution in [0.3, 0.4) is 0 Å². The average Bonchev–Trinajstić information content (AvgIpc) is 2.62. The highest BCUT2D eigenvalue weighted by molar-refractivity contribution is 6.02. The molecule has 1 fully saturated rings. The van der Waals surface area contributed by atoms with Gasteiger partial charge in [0.25, 0.3) is 5.91 Å². The molecule has 1 aromatic carbocycles. The second-order valence-electron chi connectivity index (χ2n) is 5.20. The minimum absolute atomic E-state index is 0. The van der Waals surface area contributed by atoms with Crippen LogP contribution >= 0.6 is 12.4 Å². The van der Waals surface area contributed by atoms with Crippen molar-refractivity contribution in [3.8, 4) is 5.88 Å². The minimum Gasteiger partial charge on any atom is -0.480 e. The molecule has 0 spiro atoms. The Bertz CT molecular complexity index is 724. The van der Waals surface area contributed by atoms with Gasteiger partial charge in [-0.15, -0.1) is 12.4 Å². The Labute approximate surface area is 150 Å². The van der Waals surface area contributed by atoms with Gasteiger partial charge in [-0.3, -0.25) is 4.79 Å². The van der Waals surface area contributed by atoms with Crippen LogP contribution < -0.4 is 15.4 Å². The van der Waals surface area contributed by atoms with Crippen LogP contribution in [0.25, 0.3) is 0 Å². The maximum absolute atomic E-state index is 14.3. The summed E-state index contributed by atoms with van der Waals surface area (Å²) in [6.45, 7) is 1.86. The second kappa shape index (κ2) is 8.70. The van der Waals surface area contributed by atoms with E-state index in [1.165, 1.54) is 25.6 Å². The summed E-state index contributed by atoms with van der Waals surface area (Å²) < 4.78 is 24.7. The van der Waals surface area contributed by atoms with Crippen LogP contribution in [-0.4, -0.2) is 42.7 Å². The van der Waals surface area contributed by atoms with Crippen molar-refractivity contribution in [1.82, 2.24) is 15.3 Å². The van der Waals surface area contributed by atoms with Gasteiger partial charge in [0.1, 0.15) is 11.5 Å². The standard InChI is InChI=1S/C16H17FN4O3.ClH/c1-23-15-9-19-13(7-20-15)16(22)21-10-2-3-11(12(17)6-10)14-8-18-4-5-24-14;/h2-3,6-7,9,14,18H,4-5,8H2,1H3,(H,21,22);1H/t14-;/m0./s1. The summed E-state index contributed by atoms with van der Waals surface area (Å²) in [4.78, 5) is 19.9. The predicted molar refractivity (Wildman–Crippen MR) is 91.7 cm³/mol. The van der Waals surface area contributed by atoms with E-state index in [0.717, 1.165) is 6.54 Å². The maximum atomic E-state index is 14.3. The van der Waals surface area contributed by atoms with Crippen LogP contribution in [0.2, 0.25) is 0 Å². The Kier molecular flexibility index (Phi) is 6.63. The van der Waals surface area contributed by atoms with Crippen LogP contribution in [0.1, 0.15) is 22.2 Å². The Morgan fingerprint density at radius 2 is 2.24 bits per heavy atom. The Hall–Kier alpha value is -2.29. The highest BCUT2D eigenvalue weighted by Crippen LogP contribution is 2.24. The Balaban J connectivity index is 0.00000225. The number of benzene rings is 1. The fraction of sp³-hybridized carbons (Fsp3) is 0.312. The van der Waals surface area contributed by atoms with Crippen LogP contribution in [0.4, 0.5) is 10.1 Å². The molecule has 25 heavy (non-hydrogen) atoms. The van der Waals surface area contributed by atoms with Gasteiger partial charge >= 0.3 is 0 Å². The number of carbonyl (C=O) groups excluding carboxylic acids is 1. The monoisotopic (exact) mass is 368 g/mol. The minimum atomic E-state index is -0.479. The summed E-state index contributed by atoms with van der Waals surface area (Å²) in [5, 5.41) is 5.74. The number of halogens is 2. The third-order valence-corrected chi connectivity index (χ3v) is 3.60. The number of carbonyl (C=O) groups is 1. The predicted octanol–water partition coefficient (Wildman–Crippen LogP) is 1.96. The first-order valence-corrected chi connectivity index (χ1v) is 7.46. The number of methoxy groups -OCH3 is 1. The maximum Gasteiger partial charge on any atom is 0.275 e. The molecule has 0 unspecified atom stereocenters. The number of anilines is 1. The van der Waals surface area contributed by atoms with Crippen LogP contribution in [0.5, 0.6) is 5.88 Å². The molecule has 1 saturated heterocycles. The summed E-state index contributed by atoms with van der Waals surface area (Å²) >= 11 is 0. The summed E-state index contributed by atoms with van der Waals surface area (Å²) in [6, 6.07) is 4.51. The van der Waals surface area contributed by atoms with Gasteiger partial charge in [0.15, 0.2) is 0 Å². The third kappa shape index (κ3) is 4.62. The lowest BCUT2D eigenvalue weighted by atomic mass is 10.1. The molecule has 1 aromatic heterocycles. The van der Waals surface area contributed by atoms with E-state index in [0.29, 0.717) is 30.3 Å². The number of amides is 1. The van der Waals surface area contributed by atoms with Crippen LogP contribution in [0.15, 0.2) is 30.6 Å². The normalized spacial score (nSPS) is 16.6. The number of hydrogen-bond donors (Lipinski definition) is 2. The van der Waals surface area contributed by atoms with E-state index in [9.17, 15) is 9.18 Å². The van der Waals surface area contributed by atoms with E-state index in [1.807, 2.05) is 0 Å². The van der Waals surface area contributed by atoms with E-state index in [1.54, 1.807) is 12.1 Å². The van der Waals surface area contributed by atoms with Crippen LogP contribution in [0, 0.1) is 5.82 Å². The number of nitrogens with one attached hydrogen (secondary N) is 2. The molecule has 2 aromatic rings. The number of rotatable bonds is 4. The first kappa shape index (κ1) is 19.0. The average molecular weight is 369 g/mol. The van der Waals surface area contributed by atoms with Crippen molar-refractivity contribution < 1.29 is 18.7 Å². The van der Waals surface area contributed by atoms with E-state index in [-0.39, 0.29) is 24.2 Å². The summed E-state index contributed by atoms with van der Waals surface area (Å²) in [5.74, 6) is -0.599. The van der Waals surface area contributed by atoms with Gasteiger partial charge in [0, 0.05) is 24.3 Å². The van der Waals surface area contributed by atoms with Gasteiger partial charge in [-0.2, -0.15) is 0 Å². The lowest BCUT2D eigenvalue weighted by Gasteiger charge is -2.24. The highest BCUT2D eigenvalue weighted by atomic mass is 35.5. The van der Waals surface area contributed by atoms with Gasteiger partial charge in [0.2, 0.25) is 5.88 Å². The molecule has 134 valence electrons. The quantitative estimate of drug-likeness (QED) is 0.858. The molecule has 0 saturated carbocycles. The van der Waals surface area contributed by atoms with Gasteiger partial charge in [-0.05, 0) is 12.1 Å². The molecule has 1 atom stereocenters. The topological polar surface area (TPSA) is 85.4 Å². The van der Waals surface area contributed by atoms with E-state index >= 15 is 0 Å². The highest BCUT2D eigenvalue weighted by Gasteiger charge is 2.20. The molecule has 2 heterocycles. The number of hydrogen-bond acceptors (Lipinski definition) is 6. The van der Waals surface area contributed by atoms with Crippen LogP contribution in [-0.2, 0) is 4.74 Å². The SMILES string of the molecule is COc1cnc(C(=O)Nc2ccc([C@@H]3CNCCO3)c(F)c2)cn1.Cl. The largest absolute Gasteiger partial charge is 0.480 e. The number of ether oxygens (including phenoxy) is 2. The first-order valence-electron chi connectivity index (χ1n) is 7.46. The summed E-state index contributed by atoms with van der Waals surface area (Å²) in [5.41, 5.74) is 0.909. The van der Waals surface area contributed by atoms with E-state index in [4.69, 9.17) is 9.47 Å². The zero-order valence-electron chi connectivity index (χ0n) is 13.5. The van der Waals surface area contributed by atoms with Gasteiger partial charge in [0.05, 0.1) is 32.2 Å². The van der Waals surface area contributed by atoms with Crippen molar-refractivity contribution in [2.24, 2.45) is 0 Å². The lowest BCUT2D eigenvalue weighted by Crippen LogP contribution is -2.33. The Morgan fingerprint density at radius 3 is 2.84 bits per heavy atom. The summed E-state index contributed by atoms with van der Waals surface area (Å²) in [6.07, 6.45) is 2.31. The molecular weight excluding hydrogens is 351 g/mol. The van der Waals surface area contributed by atoms with E-state index < -0.39 is 11.7 Å². The van der Waals surface area contributed by atoms with Crippen molar-refractivity contribution in [1.29, 1.82) is 0 Å². The molecule has 9 heteroatoms. The second-order valence-corrected chi connectivity index (χ2v) is 5.20. The lowest BCUT2D eigenvalue weighted by molar-refractivity contribution is 0.0255. The number of aromatic nitrogens is 2. The van der Waals surface area contributed by atoms with Crippen molar-refractivity contribution in [2.45, 2.75) is 6.10 Å². The molecule has 1 aliphatic heterocycles. The molecule has 2 N–H and O–H groups in total. The van der Waals surface area contributed by atoms with Crippen molar-refractivity contribution in [3.63, 3.8) is 0 Å². The zero-order valence-corrected chi connectivity index (χ0v) is 14.3. The first-order chi connectivity index (χ1) is 11.7. The molecule has 3 rings (SSSR count). The summed E-state index contributed by atoms with van der Waals surface area (Å²) in [7, 11) is 1.46. The van der Waals surface area contributed by atoms with Crippen molar-refractivity contribution in [3.05, 3.63) is 47.7 Å². The van der Waals surface area contributed by atoms with Gasteiger partial charge in [-0.25, -0.2) is 14.4 Å². The Morgan fingerprint density at radius 1 is 1.40 bits per heavy atom. The fourth-order valence-electron chi connectivity index (χ4n) is 2.37. The molecule has 7 nitrogen and oxygen atoms in total.